The second-order valence-corrected chi connectivity index (χ2v) is 7.51. The van der Waals surface area contributed by atoms with Crippen molar-refractivity contribution in [2.75, 3.05) is 19.4 Å². The third kappa shape index (κ3) is 4.43. The van der Waals surface area contributed by atoms with Crippen LogP contribution in [-0.4, -0.2) is 34.6 Å². The van der Waals surface area contributed by atoms with Gasteiger partial charge in [0, 0.05) is 24.6 Å². The second kappa shape index (κ2) is 7.92. The maximum absolute atomic E-state index is 12.4. The molecule has 24 heavy (non-hydrogen) atoms. The number of hydrogen-bond donors (Lipinski definition) is 1. The molecule has 1 atom stereocenters. The summed E-state index contributed by atoms with van der Waals surface area (Å²) in [6, 6.07) is 0. The molecule has 1 unspecified atom stereocenters. The van der Waals surface area contributed by atoms with Crippen LogP contribution in [0.5, 0.6) is 0 Å². The van der Waals surface area contributed by atoms with Crippen LogP contribution in [0.15, 0.2) is 20.9 Å². The molecule has 1 aliphatic heterocycles. The number of nitrogens with zero attached hydrogens (tertiary/aromatic N) is 2. The summed E-state index contributed by atoms with van der Waals surface area (Å²) in [7, 11) is -3.14. The van der Waals surface area contributed by atoms with E-state index in [1.54, 1.807) is 20.8 Å². The lowest BCUT2D eigenvalue weighted by atomic mass is 10.2. The molecule has 10 heteroatoms. The minimum Gasteiger partial charge on any atom is -0.370 e. The fourth-order valence-corrected chi connectivity index (χ4v) is 3.99. The Kier molecular flexibility index (Phi) is 6.15. The summed E-state index contributed by atoms with van der Waals surface area (Å²) >= 11 is 0. The Morgan fingerprint density at radius 3 is 2.67 bits per heavy atom. The predicted molar refractivity (Wildman–Crippen MR) is 88.6 cm³/mol. The highest BCUT2D eigenvalue weighted by atomic mass is 31.2. The zero-order chi connectivity index (χ0) is 17.7. The van der Waals surface area contributed by atoms with Crippen LogP contribution in [0.25, 0.3) is 0 Å². The van der Waals surface area contributed by atoms with Gasteiger partial charge in [0.15, 0.2) is 0 Å². The first-order valence-electron chi connectivity index (χ1n) is 7.80. The van der Waals surface area contributed by atoms with E-state index in [1.165, 1.54) is 10.8 Å². The summed E-state index contributed by atoms with van der Waals surface area (Å²) in [5.74, 6) is 0. The molecular weight excluding hydrogens is 337 g/mol. The Balaban J connectivity index is 2.00. The normalized spacial score (nSPS) is 17.6. The molecule has 0 aromatic carbocycles. The number of aromatic amines is 1. The summed E-state index contributed by atoms with van der Waals surface area (Å²) in [5, 5.41) is 3.94. The highest BCUT2D eigenvalue weighted by Crippen LogP contribution is 2.48. The average molecular weight is 359 g/mol. The maximum atomic E-state index is 12.4. The molecule has 1 aliphatic rings. The van der Waals surface area contributed by atoms with E-state index < -0.39 is 25.1 Å². The molecule has 9 nitrogen and oxygen atoms in total. The van der Waals surface area contributed by atoms with Crippen LogP contribution in [0.4, 0.5) is 0 Å². The van der Waals surface area contributed by atoms with E-state index in [0.29, 0.717) is 37.3 Å². The number of aryl methyl sites for hydroxylation is 1. The summed E-state index contributed by atoms with van der Waals surface area (Å²) in [6.45, 7) is 5.71. The molecule has 2 rings (SSSR count). The van der Waals surface area contributed by atoms with E-state index in [4.69, 9.17) is 13.9 Å². The lowest BCUT2D eigenvalue weighted by Crippen LogP contribution is -2.33. The predicted octanol–water partition coefficient (Wildman–Crippen LogP) is 1.78. The third-order valence-corrected chi connectivity index (χ3v) is 5.57. The zero-order valence-electron chi connectivity index (χ0n) is 14.0. The van der Waals surface area contributed by atoms with Crippen molar-refractivity contribution in [1.29, 1.82) is 0 Å². The minimum atomic E-state index is -3.14. The largest absolute Gasteiger partial charge is 0.370 e. The number of nitrogens with one attached hydrogen (secondary N) is 1. The van der Waals surface area contributed by atoms with Crippen molar-refractivity contribution >= 4 is 13.3 Å². The SMILES string of the molecule is CCOP(=O)(CCC1=NOC(n2cc(C)c(=O)[nH]c2=O)C1)OCC. The Morgan fingerprint density at radius 2 is 2.04 bits per heavy atom. The van der Waals surface area contributed by atoms with Gasteiger partial charge < -0.3 is 13.9 Å². The van der Waals surface area contributed by atoms with Crippen molar-refractivity contribution in [2.24, 2.45) is 5.16 Å². The van der Waals surface area contributed by atoms with E-state index in [9.17, 15) is 14.2 Å². The lowest BCUT2D eigenvalue weighted by molar-refractivity contribution is 0.0284. The van der Waals surface area contributed by atoms with Crippen LogP contribution in [0, 0.1) is 6.92 Å². The van der Waals surface area contributed by atoms with E-state index in [1.807, 2.05) is 0 Å². The molecule has 0 fully saturated rings. The highest BCUT2D eigenvalue weighted by Gasteiger charge is 2.28. The van der Waals surface area contributed by atoms with Crippen LogP contribution >= 0.6 is 7.60 Å². The molecule has 2 heterocycles. The Morgan fingerprint density at radius 1 is 1.38 bits per heavy atom. The van der Waals surface area contributed by atoms with Gasteiger partial charge in [-0.1, -0.05) is 5.16 Å². The van der Waals surface area contributed by atoms with Crippen LogP contribution in [0.2, 0.25) is 0 Å². The van der Waals surface area contributed by atoms with E-state index >= 15 is 0 Å². The molecule has 134 valence electrons. The van der Waals surface area contributed by atoms with Crippen LogP contribution in [-0.2, 0) is 18.5 Å². The maximum Gasteiger partial charge on any atom is 0.331 e. The monoisotopic (exact) mass is 359 g/mol. The number of oxime groups is 1. The lowest BCUT2D eigenvalue weighted by Gasteiger charge is -2.16. The number of H-pyrrole nitrogens is 1. The van der Waals surface area contributed by atoms with Crippen molar-refractivity contribution in [3.05, 3.63) is 32.6 Å². The number of rotatable bonds is 8. The van der Waals surface area contributed by atoms with Gasteiger partial charge in [-0.25, -0.2) is 4.79 Å². The van der Waals surface area contributed by atoms with E-state index in [-0.39, 0.29) is 6.16 Å². The van der Waals surface area contributed by atoms with Gasteiger partial charge in [-0.2, -0.15) is 0 Å². The average Bonchev–Trinajstić information content (AvgIpc) is 2.98. The van der Waals surface area contributed by atoms with Gasteiger partial charge in [0.1, 0.15) is 0 Å². The molecule has 0 saturated carbocycles. The van der Waals surface area contributed by atoms with Gasteiger partial charge >= 0.3 is 13.3 Å². The molecular formula is C14H22N3O6P. The van der Waals surface area contributed by atoms with Gasteiger partial charge in [-0.15, -0.1) is 0 Å². The fourth-order valence-electron chi connectivity index (χ4n) is 2.33. The standard InChI is InChI=1S/C14H22N3O6P/c1-4-21-24(20,22-5-2)7-6-11-8-12(23-16-11)17-9-10(3)13(18)15-14(17)19/h9,12H,4-8H2,1-3H3,(H,15,18,19). The van der Waals surface area contributed by atoms with Crippen molar-refractivity contribution in [3.8, 4) is 0 Å². The van der Waals surface area contributed by atoms with Gasteiger partial charge in [0.2, 0.25) is 6.23 Å². The quantitative estimate of drug-likeness (QED) is 0.708. The molecule has 0 saturated heterocycles. The topological polar surface area (TPSA) is 112 Å². The van der Waals surface area contributed by atoms with Gasteiger partial charge in [0.25, 0.3) is 5.56 Å². The summed E-state index contributed by atoms with van der Waals surface area (Å²) in [6.07, 6.45) is 1.76. The smallest absolute Gasteiger partial charge is 0.331 e. The van der Waals surface area contributed by atoms with Gasteiger partial charge in [0.05, 0.1) is 25.1 Å². The molecule has 0 bridgehead atoms. The van der Waals surface area contributed by atoms with Gasteiger partial charge in [-0.3, -0.25) is 18.9 Å². The number of hydrogen-bond acceptors (Lipinski definition) is 7. The van der Waals surface area contributed by atoms with Crippen LogP contribution in [0.1, 0.15) is 38.5 Å². The first-order chi connectivity index (χ1) is 11.4. The third-order valence-electron chi connectivity index (χ3n) is 3.50. The molecule has 1 N–H and O–H groups in total. The van der Waals surface area contributed by atoms with Gasteiger partial charge in [-0.05, 0) is 20.8 Å². The molecule has 0 amide bonds. The molecule has 1 aromatic rings. The Bertz CT molecular complexity index is 759. The molecule has 0 radical (unpaired) electrons. The molecule has 1 aromatic heterocycles. The molecule has 0 aliphatic carbocycles. The highest BCUT2D eigenvalue weighted by molar-refractivity contribution is 7.53. The minimum absolute atomic E-state index is 0.198. The second-order valence-electron chi connectivity index (χ2n) is 5.32. The van der Waals surface area contributed by atoms with Crippen LogP contribution < -0.4 is 11.2 Å². The first kappa shape index (κ1) is 18.6. The summed E-state index contributed by atoms with van der Waals surface area (Å²) < 4.78 is 24.2. The summed E-state index contributed by atoms with van der Waals surface area (Å²) in [4.78, 5) is 30.8. The Hall–Kier alpha value is -1.70. The van der Waals surface area contributed by atoms with Crippen molar-refractivity contribution in [1.82, 2.24) is 9.55 Å². The summed E-state index contributed by atoms with van der Waals surface area (Å²) in [5.41, 5.74) is 0.0883. The van der Waals surface area contributed by atoms with E-state index in [0.717, 1.165) is 0 Å². The number of aromatic nitrogens is 2. The van der Waals surface area contributed by atoms with Crippen molar-refractivity contribution in [3.63, 3.8) is 0 Å². The first-order valence-corrected chi connectivity index (χ1v) is 9.53. The van der Waals surface area contributed by atoms with Crippen molar-refractivity contribution in [2.45, 2.75) is 39.8 Å². The molecule has 0 spiro atoms. The van der Waals surface area contributed by atoms with E-state index in [2.05, 4.69) is 10.1 Å². The van der Waals surface area contributed by atoms with Crippen molar-refractivity contribution < 1.29 is 18.5 Å². The fraction of sp³-hybridized carbons (Fsp3) is 0.643. The Labute approximate surface area is 139 Å². The zero-order valence-corrected chi connectivity index (χ0v) is 14.9. The van der Waals surface area contributed by atoms with Crippen LogP contribution in [0.3, 0.4) is 0 Å².